The highest BCUT2D eigenvalue weighted by Gasteiger charge is 2.12. The van der Waals surface area contributed by atoms with Gasteiger partial charge in [-0.05, 0) is 44.2 Å². The van der Waals surface area contributed by atoms with E-state index in [-0.39, 0.29) is 5.91 Å². The second-order valence-corrected chi connectivity index (χ2v) is 7.86. The van der Waals surface area contributed by atoms with Gasteiger partial charge in [0.25, 0.3) is 0 Å². The standard InChI is InChI=1S/C21H22ClN3OS/c1-14-7-6-10-19(15(14)2)24-20(26)12-25(3)11-16-13-27-21(23-16)17-8-4-5-9-18(17)22/h4-10,13H,11-12H2,1-3H3,(H,24,26). The fraction of sp³-hybridized carbons (Fsp3) is 0.238. The molecule has 27 heavy (non-hydrogen) atoms. The Morgan fingerprint density at radius 3 is 2.74 bits per heavy atom. The van der Waals surface area contributed by atoms with E-state index >= 15 is 0 Å². The van der Waals surface area contributed by atoms with Gasteiger partial charge in [0, 0.05) is 23.2 Å². The predicted molar refractivity (Wildman–Crippen MR) is 113 cm³/mol. The van der Waals surface area contributed by atoms with E-state index in [1.165, 1.54) is 0 Å². The Balaban J connectivity index is 1.59. The first kappa shape index (κ1) is 19.5. The van der Waals surface area contributed by atoms with Crippen molar-refractivity contribution in [1.82, 2.24) is 9.88 Å². The number of nitrogens with zero attached hydrogens (tertiary/aromatic N) is 2. The summed E-state index contributed by atoms with van der Waals surface area (Å²) in [6.45, 7) is 4.95. The number of amides is 1. The summed E-state index contributed by atoms with van der Waals surface area (Å²) in [5.74, 6) is -0.0345. The number of carbonyl (C=O) groups excluding carboxylic acids is 1. The molecule has 4 nitrogen and oxygen atoms in total. The lowest BCUT2D eigenvalue weighted by molar-refractivity contribution is -0.117. The number of aromatic nitrogens is 1. The molecule has 0 bridgehead atoms. The maximum atomic E-state index is 12.4. The third-order valence-corrected chi connectivity index (χ3v) is 5.63. The highest BCUT2D eigenvalue weighted by molar-refractivity contribution is 7.13. The van der Waals surface area contributed by atoms with Crippen molar-refractivity contribution >= 4 is 34.5 Å². The molecule has 3 rings (SSSR count). The Bertz CT molecular complexity index is 954. The van der Waals surface area contributed by atoms with Crippen molar-refractivity contribution in [2.45, 2.75) is 20.4 Å². The number of likely N-dealkylation sites (N-methyl/N-ethyl adjacent to an activating group) is 1. The number of hydrogen-bond donors (Lipinski definition) is 1. The number of nitrogens with one attached hydrogen (secondary N) is 1. The Morgan fingerprint density at radius 2 is 1.96 bits per heavy atom. The summed E-state index contributed by atoms with van der Waals surface area (Å²) in [6, 6.07) is 13.6. The molecular weight excluding hydrogens is 378 g/mol. The van der Waals surface area contributed by atoms with E-state index in [1.54, 1.807) is 11.3 Å². The maximum Gasteiger partial charge on any atom is 0.238 e. The number of carbonyl (C=O) groups is 1. The molecule has 0 saturated carbocycles. The van der Waals surface area contributed by atoms with E-state index in [0.29, 0.717) is 18.1 Å². The summed E-state index contributed by atoms with van der Waals surface area (Å²) in [5.41, 5.74) is 4.99. The highest BCUT2D eigenvalue weighted by atomic mass is 35.5. The molecule has 0 aliphatic carbocycles. The lowest BCUT2D eigenvalue weighted by atomic mass is 10.1. The molecule has 0 aliphatic rings. The normalized spacial score (nSPS) is 11.0. The van der Waals surface area contributed by atoms with Crippen LogP contribution in [0, 0.1) is 13.8 Å². The monoisotopic (exact) mass is 399 g/mol. The molecule has 0 fully saturated rings. The molecule has 0 aliphatic heterocycles. The average molecular weight is 400 g/mol. The summed E-state index contributed by atoms with van der Waals surface area (Å²) < 4.78 is 0. The number of benzene rings is 2. The Labute approximate surface area is 168 Å². The van der Waals surface area contributed by atoms with Gasteiger partial charge in [-0.15, -0.1) is 11.3 Å². The van der Waals surface area contributed by atoms with Gasteiger partial charge >= 0.3 is 0 Å². The van der Waals surface area contributed by atoms with Gasteiger partial charge in [-0.3, -0.25) is 9.69 Å². The highest BCUT2D eigenvalue weighted by Crippen LogP contribution is 2.30. The lowest BCUT2D eigenvalue weighted by Gasteiger charge is -2.16. The van der Waals surface area contributed by atoms with Gasteiger partial charge in [0.1, 0.15) is 5.01 Å². The Morgan fingerprint density at radius 1 is 1.19 bits per heavy atom. The molecule has 0 unspecified atom stereocenters. The summed E-state index contributed by atoms with van der Waals surface area (Å²) in [6.07, 6.45) is 0. The van der Waals surface area contributed by atoms with E-state index in [2.05, 4.69) is 10.3 Å². The molecule has 2 aromatic carbocycles. The number of hydrogen-bond acceptors (Lipinski definition) is 4. The molecule has 1 amide bonds. The molecule has 0 saturated heterocycles. The molecule has 0 atom stereocenters. The van der Waals surface area contributed by atoms with Crippen molar-refractivity contribution in [3.63, 3.8) is 0 Å². The van der Waals surface area contributed by atoms with Crippen LogP contribution in [0.25, 0.3) is 10.6 Å². The predicted octanol–water partition coefficient (Wildman–Crippen LogP) is 5.15. The van der Waals surface area contributed by atoms with Crippen LogP contribution >= 0.6 is 22.9 Å². The number of rotatable bonds is 6. The van der Waals surface area contributed by atoms with Crippen molar-refractivity contribution in [2.75, 3.05) is 18.9 Å². The Hall–Kier alpha value is -2.21. The fourth-order valence-corrected chi connectivity index (χ4v) is 3.92. The van der Waals surface area contributed by atoms with Crippen LogP contribution in [0.3, 0.4) is 0 Å². The van der Waals surface area contributed by atoms with E-state index in [9.17, 15) is 4.79 Å². The van der Waals surface area contributed by atoms with Crippen LogP contribution in [0.4, 0.5) is 5.69 Å². The van der Waals surface area contributed by atoms with Crippen molar-refractivity contribution in [2.24, 2.45) is 0 Å². The average Bonchev–Trinajstić information content (AvgIpc) is 3.07. The minimum Gasteiger partial charge on any atom is -0.325 e. The molecule has 1 N–H and O–H groups in total. The SMILES string of the molecule is Cc1cccc(NC(=O)CN(C)Cc2csc(-c3ccccc3Cl)n2)c1C. The fourth-order valence-electron chi connectivity index (χ4n) is 2.79. The van der Waals surface area contributed by atoms with Crippen LogP contribution in [-0.2, 0) is 11.3 Å². The zero-order valence-electron chi connectivity index (χ0n) is 15.6. The third kappa shape index (κ3) is 4.95. The molecule has 6 heteroatoms. The number of aryl methyl sites for hydroxylation is 1. The quantitative estimate of drug-likeness (QED) is 0.623. The molecule has 1 aromatic heterocycles. The van der Waals surface area contributed by atoms with Crippen molar-refractivity contribution in [3.8, 4) is 10.6 Å². The summed E-state index contributed by atoms with van der Waals surface area (Å²) in [4.78, 5) is 19.0. The zero-order chi connectivity index (χ0) is 19.4. The van der Waals surface area contributed by atoms with E-state index in [1.807, 2.05) is 73.6 Å². The summed E-state index contributed by atoms with van der Waals surface area (Å²) in [5, 5.41) is 6.59. The second kappa shape index (κ2) is 8.65. The van der Waals surface area contributed by atoms with Crippen LogP contribution in [0.5, 0.6) is 0 Å². The smallest absolute Gasteiger partial charge is 0.238 e. The molecule has 140 valence electrons. The first-order valence-electron chi connectivity index (χ1n) is 8.68. The minimum absolute atomic E-state index is 0.0345. The van der Waals surface area contributed by atoms with Gasteiger partial charge in [-0.25, -0.2) is 4.98 Å². The first-order chi connectivity index (χ1) is 12.9. The zero-order valence-corrected chi connectivity index (χ0v) is 17.2. The number of halogens is 1. The third-order valence-electron chi connectivity index (χ3n) is 4.38. The van der Waals surface area contributed by atoms with E-state index < -0.39 is 0 Å². The second-order valence-electron chi connectivity index (χ2n) is 6.59. The van der Waals surface area contributed by atoms with Gasteiger partial charge in [0.05, 0.1) is 17.3 Å². The van der Waals surface area contributed by atoms with Crippen LogP contribution in [0.2, 0.25) is 5.02 Å². The van der Waals surface area contributed by atoms with Gasteiger partial charge in [-0.2, -0.15) is 0 Å². The van der Waals surface area contributed by atoms with Crippen molar-refractivity contribution in [3.05, 3.63) is 69.7 Å². The van der Waals surface area contributed by atoms with Crippen LogP contribution < -0.4 is 5.32 Å². The van der Waals surface area contributed by atoms with Gasteiger partial charge in [0.2, 0.25) is 5.91 Å². The van der Waals surface area contributed by atoms with Crippen LogP contribution in [0.1, 0.15) is 16.8 Å². The van der Waals surface area contributed by atoms with Crippen LogP contribution in [0.15, 0.2) is 47.8 Å². The summed E-state index contributed by atoms with van der Waals surface area (Å²) in [7, 11) is 1.91. The molecular formula is C21H22ClN3OS. The van der Waals surface area contributed by atoms with Gasteiger partial charge < -0.3 is 5.32 Å². The van der Waals surface area contributed by atoms with Gasteiger partial charge in [0.15, 0.2) is 0 Å². The largest absolute Gasteiger partial charge is 0.325 e. The molecule has 1 heterocycles. The molecule has 3 aromatic rings. The van der Waals surface area contributed by atoms with E-state index in [0.717, 1.165) is 33.1 Å². The number of thiazole rings is 1. The lowest BCUT2D eigenvalue weighted by Crippen LogP contribution is -2.30. The van der Waals surface area contributed by atoms with Crippen molar-refractivity contribution < 1.29 is 4.79 Å². The topological polar surface area (TPSA) is 45.2 Å². The van der Waals surface area contributed by atoms with E-state index in [4.69, 9.17) is 11.6 Å². The van der Waals surface area contributed by atoms with Crippen LogP contribution in [-0.4, -0.2) is 29.4 Å². The molecule has 0 radical (unpaired) electrons. The Kier molecular flexibility index (Phi) is 6.26. The minimum atomic E-state index is -0.0345. The summed E-state index contributed by atoms with van der Waals surface area (Å²) >= 11 is 7.81. The molecule has 0 spiro atoms. The number of anilines is 1. The van der Waals surface area contributed by atoms with Crippen molar-refractivity contribution in [1.29, 1.82) is 0 Å². The first-order valence-corrected chi connectivity index (χ1v) is 9.93. The van der Waals surface area contributed by atoms with Gasteiger partial charge in [-0.1, -0.05) is 41.9 Å². The maximum absolute atomic E-state index is 12.4.